The summed E-state index contributed by atoms with van der Waals surface area (Å²) in [7, 11) is 0. The highest BCUT2D eigenvalue weighted by Gasteiger charge is 2.12. The molecule has 0 aliphatic heterocycles. The number of amides is 1. The van der Waals surface area contributed by atoms with E-state index in [0.717, 1.165) is 0 Å². The molecule has 0 unspecified atom stereocenters. The lowest BCUT2D eigenvalue weighted by molar-refractivity contribution is -0.119. The second-order valence-electron chi connectivity index (χ2n) is 4.17. The van der Waals surface area contributed by atoms with Crippen molar-refractivity contribution in [3.63, 3.8) is 0 Å². The molecule has 1 N–H and O–H groups in total. The number of hydrogen-bond acceptors (Lipinski definition) is 5. The molecule has 2 rings (SSSR count). The van der Waals surface area contributed by atoms with Crippen molar-refractivity contribution < 1.29 is 18.7 Å². The number of carbonyl (C=O) groups excluding carboxylic acids is 2. The first-order valence-electron chi connectivity index (χ1n) is 6.05. The molecule has 1 heterocycles. The number of anilines is 1. The molecule has 0 atom stereocenters. The van der Waals surface area contributed by atoms with Gasteiger partial charge in [0.2, 0.25) is 0 Å². The van der Waals surface area contributed by atoms with E-state index in [2.05, 4.69) is 15.3 Å². The summed E-state index contributed by atoms with van der Waals surface area (Å²) in [5.41, 5.74) is 1.03. The van der Waals surface area contributed by atoms with E-state index < -0.39 is 24.3 Å². The maximum atomic E-state index is 13.1. The Morgan fingerprint density at radius 3 is 2.86 bits per heavy atom. The zero-order valence-corrected chi connectivity index (χ0v) is 11.2. The number of halogens is 1. The van der Waals surface area contributed by atoms with E-state index >= 15 is 0 Å². The molecule has 108 valence electrons. The first-order valence-corrected chi connectivity index (χ1v) is 6.05. The van der Waals surface area contributed by atoms with E-state index in [9.17, 15) is 14.0 Å². The third kappa shape index (κ3) is 4.07. The van der Waals surface area contributed by atoms with Crippen molar-refractivity contribution in [1.82, 2.24) is 9.97 Å². The second-order valence-corrected chi connectivity index (χ2v) is 4.17. The van der Waals surface area contributed by atoms with Gasteiger partial charge in [0.1, 0.15) is 5.82 Å². The lowest BCUT2D eigenvalue weighted by Crippen LogP contribution is -2.21. The number of nitrogens with zero attached hydrogens (tertiary/aromatic N) is 2. The predicted octanol–water partition coefficient (Wildman–Crippen LogP) is 1.72. The zero-order valence-electron chi connectivity index (χ0n) is 11.2. The van der Waals surface area contributed by atoms with E-state index in [1.807, 2.05) is 0 Å². The van der Waals surface area contributed by atoms with Crippen LogP contribution in [0, 0.1) is 12.7 Å². The summed E-state index contributed by atoms with van der Waals surface area (Å²) in [6, 6.07) is 4.02. The van der Waals surface area contributed by atoms with Gasteiger partial charge in [-0.2, -0.15) is 0 Å². The van der Waals surface area contributed by atoms with Crippen LogP contribution in [0.5, 0.6) is 0 Å². The minimum Gasteiger partial charge on any atom is -0.451 e. The molecule has 0 saturated heterocycles. The number of benzene rings is 1. The highest BCUT2D eigenvalue weighted by Crippen LogP contribution is 2.15. The number of aryl methyl sites for hydroxylation is 1. The van der Waals surface area contributed by atoms with Crippen LogP contribution in [0.3, 0.4) is 0 Å². The zero-order chi connectivity index (χ0) is 15.2. The van der Waals surface area contributed by atoms with Crippen LogP contribution in [0.15, 0.2) is 36.8 Å². The first kappa shape index (κ1) is 14.6. The highest BCUT2D eigenvalue weighted by atomic mass is 19.1. The van der Waals surface area contributed by atoms with Crippen LogP contribution >= 0.6 is 0 Å². The van der Waals surface area contributed by atoms with Gasteiger partial charge in [-0.3, -0.25) is 9.78 Å². The number of ether oxygens (including phenoxy) is 1. The summed E-state index contributed by atoms with van der Waals surface area (Å²) in [5.74, 6) is -1.79. The fourth-order valence-corrected chi connectivity index (χ4v) is 1.52. The molecular formula is C14H12FN3O3. The Labute approximate surface area is 120 Å². The molecule has 6 nitrogen and oxygen atoms in total. The number of nitrogens with one attached hydrogen (secondary N) is 1. The van der Waals surface area contributed by atoms with Gasteiger partial charge in [-0.25, -0.2) is 14.2 Å². The average molecular weight is 289 g/mol. The van der Waals surface area contributed by atoms with Gasteiger partial charge >= 0.3 is 5.97 Å². The normalized spacial score (nSPS) is 10.0. The third-order valence-electron chi connectivity index (χ3n) is 2.58. The Morgan fingerprint density at radius 2 is 2.14 bits per heavy atom. The van der Waals surface area contributed by atoms with E-state index in [4.69, 9.17) is 4.74 Å². The van der Waals surface area contributed by atoms with Crippen LogP contribution in [-0.2, 0) is 9.53 Å². The minimum absolute atomic E-state index is 0.00670. The molecule has 1 amide bonds. The van der Waals surface area contributed by atoms with Crippen LogP contribution in [0.4, 0.5) is 10.1 Å². The maximum absolute atomic E-state index is 13.1. The van der Waals surface area contributed by atoms with Crippen LogP contribution in [0.2, 0.25) is 0 Å². The fourth-order valence-electron chi connectivity index (χ4n) is 1.52. The van der Waals surface area contributed by atoms with E-state index in [1.165, 1.54) is 36.8 Å². The van der Waals surface area contributed by atoms with Crippen LogP contribution in [0.25, 0.3) is 0 Å². The standard InChI is InChI=1S/C14H12FN3O3/c1-9-2-3-10(15)6-11(9)18-13(19)8-21-14(20)12-7-16-4-5-17-12/h2-7H,8H2,1H3,(H,18,19). The van der Waals surface area contributed by atoms with Crippen LogP contribution in [0.1, 0.15) is 16.1 Å². The molecule has 1 aromatic carbocycles. The Morgan fingerprint density at radius 1 is 1.33 bits per heavy atom. The molecule has 0 aliphatic rings. The van der Waals surface area contributed by atoms with Crippen molar-refractivity contribution in [2.75, 3.05) is 11.9 Å². The molecule has 7 heteroatoms. The molecule has 0 fully saturated rings. The summed E-state index contributed by atoms with van der Waals surface area (Å²) in [4.78, 5) is 30.7. The summed E-state index contributed by atoms with van der Waals surface area (Å²) < 4.78 is 17.9. The minimum atomic E-state index is -0.755. The maximum Gasteiger partial charge on any atom is 0.359 e. The van der Waals surface area contributed by atoms with Crippen molar-refractivity contribution in [2.45, 2.75) is 6.92 Å². The Hall–Kier alpha value is -2.83. The number of rotatable bonds is 4. The smallest absolute Gasteiger partial charge is 0.359 e. The van der Waals surface area contributed by atoms with Gasteiger partial charge in [0, 0.05) is 18.1 Å². The molecule has 0 radical (unpaired) electrons. The molecule has 2 aromatic rings. The predicted molar refractivity (Wildman–Crippen MR) is 72.1 cm³/mol. The Kier molecular flexibility index (Phi) is 4.55. The molecule has 0 aliphatic carbocycles. The summed E-state index contributed by atoms with van der Waals surface area (Å²) in [6.45, 7) is 1.23. The fraction of sp³-hybridized carbons (Fsp3) is 0.143. The van der Waals surface area contributed by atoms with Gasteiger partial charge in [0.15, 0.2) is 12.3 Å². The van der Waals surface area contributed by atoms with Crippen molar-refractivity contribution in [3.05, 3.63) is 53.9 Å². The van der Waals surface area contributed by atoms with E-state index in [-0.39, 0.29) is 5.69 Å². The quantitative estimate of drug-likeness (QED) is 0.867. The van der Waals surface area contributed by atoms with Gasteiger partial charge in [0.05, 0.1) is 6.20 Å². The number of carbonyl (C=O) groups is 2. The molecule has 0 saturated carbocycles. The number of hydrogen-bond donors (Lipinski definition) is 1. The van der Waals surface area contributed by atoms with Crippen molar-refractivity contribution in [2.24, 2.45) is 0 Å². The van der Waals surface area contributed by atoms with Gasteiger partial charge in [-0.05, 0) is 24.6 Å². The SMILES string of the molecule is Cc1ccc(F)cc1NC(=O)COC(=O)c1cnccn1. The monoisotopic (exact) mass is 289 g/mol. The molecular weight excluding hydrogens is 277 g/mol. The van der Waals surface area contributed by atoms with Gasteiger partial charge in [-0.1, -0.05) is 6.07 Å². The van der Waals surface area contributed by atoms with E-state index in [0.29, 0.717) is 11.3 Å². The van der Waals surface area contributed by atoms with Crippen LogP contribution in [-0.4, -0.2) is 28.5 Å². The first-order chi connectivity index (χ1) is 10.1. The highest BCUT2D eigenvalue weighted by molar-refractivity contribution is 5.95. The van der Waals surface area contributed by atoms with Crippen molar-refractivity contribution >= 4 is 17.6 Å². The van der Waals surface area contributed by atoms with Gasteiger partial charge in [-0.15, -0.1) is 0 Å². The second kappa shape index (κ2) is 6.56. The Balaban J connectivity index is 1.91. The van der Waals surface area contributed by atoms with Gasteiger partial charge in [0.25, 0.3) is 5.91 Å². The number of aromatic nitrogens is 2. The topological polar surface area (TPSA) is 81.2 Å². The molecule has 1 aromatic heterocycles. The molecule has 0 bridgehead atoms. The number of esters is 1. The average Bonchev–Trinajstić information content (AvgIpc) is 2.49. The van der Waals surface area contributed by atoms with E-state index in [1.54, 1.807) is 6.92 Å². The third-order valence-corrected chi connectivity index (χ3v) is 2.58. The lowest BCUT2D eigenvalue weighted by atomic mass is 10.2. The van der Waals surface area contributed by atoms with Crippen molar-refractivity contribution in [1.29, 1.82) is 0 Å². The van der Waals surface area contributed by atoms with Crippen molar-refractivity contribution in [3.8, 4) is 0 Å². The summed E-state index contributed by atoms with van der Waals surface area (Å²) >= 11 is 0. The van der Waals surface area contributed by atoms with Crippen LogP contribution < -0.4 is 5.32 Å². The summed E-state index contributed by atoms with van der Waals surface area (Å²) in [5, 5.41) is 2.47. The molecule has 21 heavy (non-hydrogen) atoms. The lowest BCUT2D eigenvalue weighted by Gasteiger charge is -2.08. The molecule has 0 spiro atoms. The van der Waals surface area contributed by atoms with Gasteiger partial charge < -0.3 is 10.1 Å². The Bertz CT molecular complexity index is 662. The summed E-state index contributed by atoms with van der Waals surface area (Å²) in [6.07, 6.45) is 3.99. The largest absolute Gasteiger partial charge is 0.451 e.